The zero-order valence-corrected chi connectivity index (χ0v) is 25.9. The lowest BCUT2D eigenvalue weighted by Crippen LogP contribution is -2.49. The van der Waals surface area contributed by atoms with E-state index in [4.69, 9.17) is 4.74 Å². The number of aromatic nitrogens is 1. The minimum atomic E-state index is -0.584. The summed E-state index contributed by atoms with van der Waals surface area (Å²) in [5.74, 6) is -0.00911. The van der Waals surface area contributed by atoms with Crippen LogP contribution in [0.5, 0.6) is 0 Å². The first-order valence-electron chi connectivity index (χ1n) is 15.0. The number of pyridine rings is 1. The number of para-hydroxylation sites is 1. The topological polar surface area (TPSA) is 127 Å². The number of hydrogen-bond donors (Lipinski definition) is 2. The number of piperazine rings is 1. The van der Waals surface area contributed by atoms with Crippen molar-refractivity contribution >= 4 is 47.2 Å². The number of carbonyl (C=O) groups excluding carboxylic acids is 4. The van der Waals surface area contributed by atoms with Gasteiger partial charge in [-0.05, 0) is 62.7 Å². The second kappa shape index (κ2) is 13.9. The van der Waals surface area contributed by atoms with E-state index in [2.05, 4.69) is 25.4 Å². The van der Waals surface area contributed by atoms with Gasteiger partial charge in [-0.1, -0.05) is 24.3 Å². The molecule has 3 aromatic rings. The van der Waals surface area contributed by atoms with Crippen molar-refractivity contribution in [2.75, 3.05) is 60.9 Å². The molecule has 0 atom stereocenters. The van der Waals surface area contributed by atoms with E-state index in [0.29, 0.717) is 29.3 Å². The Hall–Kier alpha value is -4.81. The zero-order valence-electron chi connectivity index (χ0n) is 25.9. The molecule has 2 aliphatic heterocycles. The van der Waals surface area contributed by atoms with Gasteiger partial charge in [0.25, 0.3) is 5.91 Å². The molecule has 1 aromatic heterocycles. The molecule has 1 saturated heterocycles. The van der Waals surface area contributed by atoms with Crippen LogP contribution in [0.4, 0.5) is 27.7 Å². The summed E-state index contributed by atoms with van der Waals surface area (Å²) in [6.07, 6.45) is 1.85. The fraction of sp³-hybridized carbons (Fsp3) is 0.364. The Bertz CT molecular complexity index is 1530. The molecule has 2 aliphatic rings. The van der Waals surface area contributed by atoms with Crippen molar-refractivity contribution < 1.29 is 23.9 Å². The lowest BCUT2D eigenvalue weighted by atomic mass is 10.1. The number of amides is 4. The maximum atomic E-state index is 13.7. The number of anilines is 4. The molecule has 3 heterocycles. The van der Waals surface area contributed by atoms with Gasteiger partial charge in [-0.3, -0.25) is 29.1 Å². The zero-order chi connectivity index (χ0) is 32.0. The van der Waals surface area contributed by atoms with Gasteiger partial charge in [-0.15, -0.1) is 0 Å². The molecule has 0 radical (unpaired) electrons. The largest absolute Gasteiger partial charge is 0.444 e. The molecular formula is C33H39N7O5. The van der Waals surface area contributed by atoms with Crippen molar-refractivity contribution in [3.05, 3.63) is 78.0 Å². The van der Waals surface area contributed by atoms with Crippen molar-refractivity contribution in [3.8, 4) is 0 Å². The number of nitrogens with zero attached hydrogens (tertiary/aromatic N) is 5. The third-order valence-electron chi connectivity index (χ3n) is 7.53. The average molecular weight is 614 g/mol. The van der Waals surface area contributed by atoms with Gasteiger partial charge in [-0.2, -0.15) is 0 Å². The Morgan fingerprint density at radius 1 is 1.00 bits per heavy atom. The number of rotatable bonds is 9. The van der Waals surface area contributed by atoms with Crippen LogP contribution in [0, 0.1) is 0 Å². The second-order valence-electron chi connectivity index (χ2n) is 12.0. The van der Waals surface area contributed by atoms with E-state index in [-0.39, 0.29) is 24.9 Å². The first kappa shape index (κ1) is 31.6. The molecular weight excluding hydrogens is 574 g/mol. The molecule has 5 rings (SSSR count). The normalized spacial score (nSPS) is 15.3. The maximum absolute atomic E-state index is 13.7. The molecule has 1 fully saturated rings. The van der Waals surface area contributed by atoms with Gasteiger partial charge in [0, 0.05) is 57.7 Å². The van der Waals surface area contributed by atoms with Gasteiger partial charge in [-0.25, -0.2) is 9.78 Å². The van der Waals surface area contributed by atoms with Gasteiger partial charge < -0.3 is 20.3 Å². The Morgan fingerprint density at radius 2 is 1.71 bits per heavy atom. The quantitative estimate of drug-likeness (QED) is 0.351. The molecule has 2 aromatic carbocycles. The molecule has 0 saturated carbocycles. The molecule has 0 aliphatic carbocycles. The SMILES string of the molecule is CC(C)(C)OC(=O)NCCN(C=O)c1ccc(CN2CCN(CC(=O)N3c4ccccc4C(=O)Nc4cccnc43)CC2)cc1. The van der Waals surface area contributed by atoms with Crippen LogP contribution in [-0.4, -0.2) is 90.5 Å². The van der Waals surface area contributed by atoms with Gasteiger partial charge in [0.05, 0.1) is 23.5 Å². The van der Waals surface area contributed by atoms with Gasteiger partial charge in [0.15, 0.2) is 5.82 Å². The first-order chi connectivity index (χ1) is 21.6. The monoisotopic (exact) mass is 613 g/mol. The van der Waals surface area contributed by atoms with E-state index in [1.54, 1.807) is 67.1 Å². The highest BCUT2D eigenvalue weighted by atomic mass is 16.6. The maximum Gasteiger partial charge on any atom is 0.407 e. The number of carbonyl (C=O) groups is 4. The molecule has 236 valence electrons. The third-order valence-corrected chi connectivity index (χ3v) is 7.53. The van der Waals surface area contributed by atoms with Crippen molar-refractivity contribution in [3.63, 3.8) is 0 Å². The number of nitrogens with one attached hydrogen (secondary N) is 2. The Balaban J connectivity index is 1.13. The van der Waals surface area contributed by atoms with Gasteiger partial charge in [0.2, 0.25) is 12.3 Å². The van der Waals surface area contributed by atoms with Crippen molar-refractivity contribution in [1.29, 1.82) is 0 Å². The number of hydrogen-bond acceptors (Lipinski definition) is 8. The Labute approximate surface area is 262 Å². The number of benzene rings is 2. The molecule has 0 spiro atoms. The predicted molar refractivity (Wildman–Crippen MR) is 172 cm³/mol. The van der Waals surface area contributed by atoms with E-state index in [0.717, 1.165) is 50.4 Å². The first-order valence-corrected chi connectivity index (χ1v) is 15.0. The molecule has 4 amide bonds. The molecule has 0 bridgehead atoms. The number of fused-ring (bicyclic) bond motifs is 2. The average Bonchev–Trinajstić information content (AvgIpc) is 3.13. The van der Waals surface area contributed by atoms with Gasteiger partial charge in [0.1, 0.15) is 5.60 Å². The van der Waals surface area contributed by atoms with Crippen LogP contribution in [0.3, 0.4) is 0 Å². The smallest absolute Gasteiger partial charge is 0.407 e. The van der Waals surface area contributed by atoms with E-state index in [1.165, 1.54) is 0 Å². The predicted octanol–water partition coefficient (Wildman–Crippen LogP) is 3.62. The lowest BCUT2D eigenvalue weighted by molar-refractivity contribution is -0.119. The fourth-order valence-electron chi connectivity index (χ4n) is 5.34. The van der Waals surface area contributed by atoms with Crippen LogP contribution in [-0.2, 0) is 20.9 Å². The summed E-state index contributed by atoms with van der Waals surface area (Å²) in [7, 11) is 0. The minimum absolute atomic E-state index is 0.149. The van der Waals surface area contributed by atoms with Crippen LogP contribution in [0.2, 0.25) is 0 Å². The summed E-state index contributed by atoms with van der Waals surface area (Å²) in [6, 6.07) is 18.4. The molecule has 2 N–H and O–H groups in total. The molecule has 12 heteroatoms. The molecule has 12 nitrogen and oxygen atoms in total. The molecule has 0 unspecified atom stereocenters. The second-order valence-corrected chi connectivity index (χ2v) is 12.0. The Morgan fingerprint density at radius 3 is 2.42 bits per heavy atom. The summed E-state index contributed by atoms with van der Waals surface area (Å²) >= 11 is 0. The summed E-state index contributed by atoms with van der Waals surface area (Å²) in [4.78, 5) is 62.1. The third kappa shape index (κ3) is 8.02. The standard InChI is InChI=1S/C33H39N7O5/c1-33(2,3)45-32(44)35-15-16-39(23-41)25-12-10-24(11-13-25)21-37-17-19-38(20-18-37)22-29(42)40-28-9-5-4-7-26(28)31(43)36-27-8-6-14-34-30(27)40/h4-14,23H,15-22H2,1-3H3,(H,35,44)(H,36,43). The summed E-state index contributed by atoms with van der Waals surface area (Å²) in [5, 5.41) is 5.54. The molecule has 45 heavy (non-hydrogen) atoms. The van der Waals surface area contributed by atoms with Crippen LogP contribution < -0.4 is 20.4 Å². The van der Waals surface area contributed by atoms with Crippen molar-refractivity contribution in [1.82, 2.24) is 20.1 Å². The van der Waals surface area contributed by atoms with Gasteiger partial charge >= 0.3 is 6.09 Å². The highest BCUT2D eigenvalue weighted by Gasteiger charge is 2.31. The summed E-state index contributed by atoms with van der Waals surface area (Å²) in [5.41, 5.74) is 2.71. The minimum Gasteiger partial charge on any atom is -0.444 e. The van der Waals surface area contributed by atoms with E-state index in [9.17, 15) is 19.2 Å². The summed E-state index contributed by atoms with van der Waals surface area (Å²) in [6.45, 7) is 9.93. The van der Waals surface area contributed by atoms with E-state index in [1.807, 2.05) is 30.3 Å². The van der Waals surface area contributed by atoms with Crippen molar-refractivity contribution in [2.45, 2.75) is 32.9 Å². The van der Waals surface area contributed by atoms with Crippen molar-refractivity contribution in [2.24, 2.45) is 0 Å². The Kier molecular flexibility index (Phi) is 9.74. The fourth-order valence-corrected chi connectivity index (χ4v) is 5.34. The summed E-state index contributed by atoms with van der Waals surface area (Å²) < 4.78 is 5.23. The number of ether oxygens (including phenoxy) is 1. The van der Waals surface area contributed by atoms with Crippen LogP contribution >= 0.6 is 0 Å². The number of alkyl carbamates (subject to hydrolysis) is 1. The van der Waals surface area contributed by atoms with Crippen LogP contribution in [0.25, 0.3) is 0 Å². The van der Waals surface area contributed by atoms with E-state index >= 15 is 0 Å². The van der Waals surface area contributed by atoms with Crippen LogP contribution in [0.15, 0.2) is 66.9 Å². The van der Waals surface area contributed by atoms with Crippen LogP contribution in [0.1, 0.15) is 36.7 Å². The highest BCUT2D eigenvalue weighted by Crippen LogP contribution is 2.36. The lowest BCUT2D eigenvalue weighted by Gasteiger charge is -2.35. The van der Waals surface area contributed by atoms with E-state index < -0.39 is 11.7 Å². The highest BCUT2D eigenvalue weighted by molar-refractivity contribution is 6.17.